The Balaban J connectivity index is 1.71. The lowest BCUT2D eigenvalue weighted by Gasteiger charge is -2.28. The van der Waals surface area contributed by atoms with Crippen LogP contribution in [0.25, 0.3) is 10.9 Å². The zero-order valence-electron chi connectivity index (χ0n) is 23.3. The molecule has 0 saturated carbocycles. The van der Waals surface area contributed by atoms with Gasteiger partial charge in [0.15, 0.2) is 0 Å². The Bertz CT molecular complexity index is 1810. The summed E-state index contributed by atoms with van der Waals surface area (Å²) in [5.74, 6) is 1.14. The Morgan fingerprint density at radius 3 is 1.60 bits per heavy atom. The van der Waals surface area contributed by atoms with Gasteiger partial charge in [0.1, 0.15) is 5.69 Å². The van der Waals surface area contributed by atoms with Gasteiger partial charge in [-0.15, -0.1) is 0 Å². The number of para-hydroxylation sites is 1. The molecule has 0 aliphatic rings. The van der Waals surface area contributed by atoms with E-state index < -0.39 is 12.9 Å². The second kappa shape index (κ2) is 11.9. The van der Waals surface area contributed by atoms with Crippen LogP contribution in [-0.2, 0) is 11.3 Å². The Morgan fingerprint density at radius 2 is 1.10 bits per heavy atom. The van der Waals surface area contributed by atoms with Crippen molar-refractivity contribution < 1.29 is 14.3 Å². The van der Waals surface area contributed by atoms with Gasteiger partial charge >= 0.3 is 5.97 Å². The number of nitrogens with zero attached hydrogens (tertiary/aromatic N) is 1. The molecule has 1 aromatic heterocycles. The molecule has 5 heteroatoms. The Kier molecular flexibility index (Phi) is 7.72. The molecule has 206 valence electrons. The fourth-order valence-electron chi connectivity index (χ4n) is 5.70. The van der Waals surface area contributed by atoms with Crippen LogP contribution >= 0.6 is 6.89 Å². The van der Waals surface area contributed by atoms with Crippen LogP contribution < -0.4 is 15.9 Å². The maximum absolute atomic E-state index is 14.9. The summed E-state index contributed by atoms with van der Waals surface area (Å²) < 4.78 is 7.24. The molecule has 6 aromatic rings. The number of esters is 1. The summed E-state index contributed by atoms with van der Waals surface area (Å²) in [6.45, 7) is -2.19. The van der Waals surface area contributed by atoms with Crippen LogP contribution in [0.4, 0.5) is 0 Å². The highest BCUT2D eigenvalue weighted by Crippen LogP contribution is 2.44. The molecule has 0 saturated heterocycles. The van der Waals surface area contributed by atoms with Gasteiger partial charge in [0.25, 0.3) is 0 Å². The molecule has 4 nitrogen and oxygen atoms in total. The van der Waals surface area contributed by atoms with Crippen molar-refractivity contribution in [1.82, 2.24) is 4.57 Å². The molecule has 0 radical (unpaired) electrons. The number of Topliss-reactive ketones (excluding diaryl/α,β-unsaturated/α-hetero) is 1. The van der Waals surface area contributed by atoms with Gasteiger partial charge in [0.05, 0.1) is 12.7 Å². The number of methoxy groups -OCH3 is 1. The molecule has 1 heterocycles. The summed E-state index contributed by atoms with van der Waals surface area (Å²) in [5.41, 5.74) is 2.46. The van der Waals surface area contributed by atoms with E-state index in [4.69, 9.17) is 4.74 Å². The summed E-state index contributed by atoms with van der Waals surface area (Å²) in [7, 11) is 1.36. The molecule has 0 unspecified atom stereocenters. The minimum absolute atomic E-state index is 0.215. The first kappa shape index (κ1) is 27.3. The quantitative estimate of drug-likeness (QED) is 0.121. The van der Waals surface area contributed by atoms with Crippen molar-refractivity contribution in [3.63, 3.8) is 0 Å². The highest BCUT2D eigenvalue weighted by Gasteiger charge is 2.31. The van der Waals surface area contributed by atoms with Crippen LogP contribution in [-0.4, -0.2) is 29.2 Å². The number of fused-ring (bicyclic) bond motifs is 1. The molecule has 0 spiro atoms. The monoisotopic (exact) mass is 567 g/mol. The predicted molar refractivity (Wildman–Crippen MR) is 174 cm³/mol. The lowest BCUT2D eigenvalue weighted by molar-refractivity contribution is 0.0599. The average molecular weight is 568 g/mol. The van der Waals surface area contributed by atoms with E-state index in [1.807, 2.05) is 120 Å². The number of carbonyl (C=O) groups is 2. The third kappa shape index (κ3) is 4.91. The second-order valence-corrected chi connectivity index (χ2v) is 13.3. The largest absolute Gasteiger partial charge is 0.465 e. The summed E-state index contributed by atoms with van der Waals surface area (Å²) in [6.07, 6.45) is 0. The number of hydrogen-bond acceptors (Lipinski definition) is 3. The number of rotatable bonds is 8. The Hall–Kier alpha value is -4.92. The first-order chi connectivity index (χ1) is 20.6. The number of ether oxygens (including phenoxy) is 1. The topological polar surface area (TPSA) is 48.3 Å². The standard InChI is InChI=1S/C37H30NO3P/c1-41-37(40)35-32-24-14-15-25-33(32)38(26-28-16-6-2-7-17-28)36(35)34(39)27-42(29-18-8-3-9-19-29,30-20-10-4-11-21-30)31-22-12-5-13-23-31/h2-25,27H,26H2,1H3. The van der Waals surface area contributed by atoms with Crippen molar-refractivity contribution in [2.45, 2.75) is 6.54 Å². The molecular formula is C37H30NO3P. The van der Waals surface area contributed by atoms with E-state index in [9.17, 15) is 9.59 Å². The lowest BCUT2D eigenvalue weighted by Crippen LogP contribution is -2.29. The third-order valence-corrected chi connectivity index (χ3v) is 11.5. The molecular weight excluding hydrogens is 537 g/mol. The van der Waals surface area contributed by atoms with Crippen LogP contribution in [0.1, 0.15) is 26.4 Å². The normalized spacial score (nSPS) is 11.3. The summed E-state index contributed by atoms with van der Waals surface area (Å²) in [6, 6.07) is 48.3. The van der Waals surface area contributed by atoms with E-state index >= 15 is 0 Å². The van der Waals surface area contributed by atoms with Gasteiger partial charge in [0, 0.05) is 17.4 Å². The van der Waals surface area contributed by atoms with Gasteiger partial charge in [0.2, 0.25) is 5.78 Å². The highest BCUT2D eigenvalue weighted by molar-refractivity contribution is 7.95. The molecule has 0 atom stereocenters. The first-order valence-electron chi connectivity index (χ1n) is 13.8. The fourth-order valence-corrected chi connectivity index (χ4v) is 9.44. The summed E-state index contributed by atoms with van der Waals surface area (Å²) in [5, 5.41) is 3.86. The average Bonchev–Trinajstić information content (AvgIpc) is 3.39. The van der Waals surface area contributed by atoms with Crippen LogP contribution in [0.3, 0.4) is 0 Å². The SMILES string of the molecule is COC(=O)c1c(C(=O)C=P(c2ccccc2)(c2ccccc2)c2ccccc2)n(Cc2ccccc2)c2ccccc12. The van der Waals surface area contributed by atoms with E-state index in [-0.39, 0.29) is 11.3 Å². The number of carbonyl (C=O) groups excluding carboxylic acids is 2. The van der Waals surface area contributed by atoms with Gasteiger partial charge in [-0.05, 0) is 40.2 Å². The number of hydrogen-bond donors (Lipinski definition) is 0. The second-order valence-electron chi connectivity index (χ2n) is 10.0. The van der Waals surface area contributed by atoms with Gasteiger partial charge in [-0.3, -0.25) is 4.79 Å². The molecule has 0 N–H and O–H groups in total. The van der Waals surface area contributed by atoms with Crippen molar-refractivity contribution in [2.24, 2.45) is 0 Å². The molecule has 0 fully saturated rings. The van der Waals surface area contributed by atoms with Crippen LogP contribution in [0.15, 0.2) is 146 Å². The zero-order chi connectivity index (χ0) is 28.9. The zero-order valence-corrected chi connectivity index (χ0v) is 24.2. The maximum atomic E-state index is 14.9. The van der Waals surface area contributed by atoms with Gasteiger partial charge in [-0.25, -0.2) is 4.79 Å². The van der Waals surface area contributed by atoms with Crippen LogP contribution in [0.2, 0.25) is 0 Å². The maximum Gasteiger partial charge on any atom is 0.340 e. The fraction of sp³-hybridized carbons (Fsp3) is 0.0541. The number of benzene rings is 5. The first-order valence-corrected chi connectivity index (χ1v) is 15.7. The predicted octanol–water partition coefficient (Wildman–Crippen LogP) is 6.46. The molecule has 0 amide bonds. The van der Waals surface area contributed by atoms with E-state index in [0.717, 1.165) is 27.0 Å². The van der Waals surface area contributed by atoms with Crippen LogP contribution in [0, 0.1) is 0 Å². The highest BCUT2D eigenvalue weighted by atomic mass is 31.2. The van der Waals surface area contributed by atoms with Crippen molar-refractivity contribution in [2.75, 3.05) is 7.11 Å². The summed E-state index contributed by atoms with van der Waals surface area (Å²) >= 11 is 0. The summed E-state index contributed by atoms with van der Waals surface area (Å²) in [4.78, 5) is 28.3. The van der Waals surface area contributed by atoms with E-state index in [2.05, 4.69) is 36.4 Å². The van der Waals surface area contributed by atoms with Crippen molar-refractivity contribution in [3.05, 3.63) is 162 Å². The van der Waals surface area contributed by atoms with E-state index in [1.54, 1.807) is 0 Å². The lowest BCUT2D eigenvalue weighted by atomic mass is 10.1. The minimum atomic E-state index is -2.62. The molecule has 42 heavy (non-hydrogen) atoms. The molecule has 0 aliphatic heterocycles. The number of aromatic nitrogens is 1. The van der Waals surface area contributed by atoms with E-state index in [0.29, 0.717) is 17.6 Å². The van der Waals surface area contributed by atoms with Crippen molar-refractivity contribution >= 4 is 51.3 Å². The van der Waals surface area contributed by atoms with Gasteiger partial charge < -0.3 is 9.30 Å². The van der Waals surface area contributed by atoms with Gasteiger partial charge in [-0.2, -0.15) is 0 Å². The third-order valence-electron chi connectivity index (χ3n) is 7.58. The minimum Gasteiger partial charge on any atom is -0.465 e. The molecule has 6 rings (SSSR count). The van der Waals surface area contributed by atoms with Crippen molar-refractivity contribution in [3.8, 4) is 0 Å². The van der Waals surface area contributed by atoms with Gasteiger partial charge in [-0.1, -0.05) is 140 Å². The van der Waals surface area contributed by atoms with Crippen LogP contribution in [0.5, 0.6) is 0 Å². The smallest absolute Gasteiger partial charge is 0.340 e. The molecule has 5 aromatic carbocycles. The molecule has 0 bridgehead atoms. The number of ketones is 1. The molecule has 0 aliphatic carbocycles. The Labute approximate surface area is 245 Å². The van der Waals surface area contributed by atoms with Crippen molar-refractivity contribution in [1.29, 1.82) is 0 Å². The van der Waals surface area contributed by atoms with E-state index in [1.165, 1.54) is 7.11 Å². The Morgan fingerprint density at radius 1 is 0.643 bits per heavy atom.